The molecule has 3 atom stereocenters. The number of Topliss-reactive ketones (excluding diaryl/α,β-unsaturated/α-hetero) is 1. The van der Waals surface area contributed by atoms with Gasteiger partial charge in [-0.2, -0.15) is 0 Å². The number of para-hydroxylation sites is 1. The molecule has 0 fully saturated rings. The van der Waals surface area contributed by atoms with Crippen molar-refractivity contribution in [2.75, 3.05) is 11.9 Å². The highest BCUT2D eigenvalue weighted by Gasteiger charge is 2.28. The molecule has 0 saturated heterocycles. The number of carbonyl (C=O) groups excluding carboxylic acids is 3. The van der Waals surface area contributed by atoms with Crippen LogP contribution in [0.15, 0.2) is 109 Å². The number of hydrogen-bond acceptors (Lipinski definition) is 4. The summed E-state index contributed by atoms with van der Waals surface area (Å²) in [7, 11) is 0. The Kier molecular flexibility index (Phi) is 15.8. The van der Waals surface area contributed by atoms with E-state index in [2.05, 4.69) is 17.2 Å². The molecule has 0 aliphatic heterocycles. The summed E-state index contributed by atoms with van der Waals surface area (Å²) < 4.78 is 34.6. The number of allylic oxidation sites excluding steroid dienone is 3. The first kappa shape index (κ1) is 39.6. The van der Waals surface area contributed by atoms with E-state index in [-0.39, 0.29) is 36.9 Å². The first-order chi connectivity index (χ1) is 23.9. The highest BCUT2D eigenvalue weighted by Crippen LogP contribution is 2.26. The molecule has 3 aromatic rings. The molecule has 0 saturated carbocycles. The van der Waals surface area contributed by atoms with E-state index in [1.807, 2.05) is 95.3 Å². The number of anilines is 1. The minimum atomic E-state index is -0.949. The van der Waals surface area contributed by atoms with E-state index >= 15 is 0 Å². The predicted molar refractivity (Wildman–Crippen MR) is 197 cm³/mol. The smallest absolute Gasteiger partial charge is 0.257 e. The van der Waals surface area contributed by atoms with Crippen molar-refractivity contribution < 1.29 is 27.9 Å². The molecule has 2 N–H and O–H groups in total. The first-order valence-corrected chi connectivity index (χ1v) is 17.3. The minimum Gasteiger partial charge on any atom is -0.495 e. The van der Waals surface area contributed by atoms with Gasteiger partial charge in [0.15, 0.2) is 0 Å². The molecule has 3 aromatic carbocycles. The molecule has 2 amide bonds. The predicted octanol–water partition coefficient (Wildman–Crippen LogP) is 9.32. The quantitative estimate of drug-likeness (QED) is 0.0749. The second-order valence-electron chi connectivity index (χ2n) is 12.8. The third-order valence-corrected chi connectivity index (χ3v) is 8.62. The van der Waals surface area contributed by atoms with E-state index in [4.69, 9.17) is 4.74 Å². The van der Waals surface area contributed by atoms with Crippen LogP contribution in [0.25, 0.3) is 0 Å². The van der Waals surface area contributed by atoms with Gasteiger partial charge in [-0.1, -0.05) is 99.2 Å². The molecule has 266 valence electrons. The fourth-order valence-electron chi connectivity index (χ4n) is 5.73. The lowest BCUT2D eigenvalue weighted by Gasteiger charge is -2.27. The second-order valence-corrected chi connectivity index (χ2v) is 12.8. The number of ketones is 1. The summed E-state index contributed by atoms with van der Waals surface area (Å²) in [5.41, 5.74) is 2.97. The Morgan fingerprint density at radius 1 is 0.900 bits per heavy atom. The molecule has 0 radical (unpaired) electrons. The van der Waals surface area contributed by atoms with Gasteiger partial charge in [0.2, 0.25) is 5.91 Å². The van der Waals surface area contributed by atoms with Crippen molar-refractivity contribution in [3.8, 4) is 0 Å². The van der Waals surface area contributed by atoms with Crippen LogP contribution in [-0.2, 0) is 20.7 Å². The number of aryl methyl sites for hydroxylation is 1. The second kappa shape index (κ2) is 20.0. The molecule has 0 heterocycles. The average Bonchev–Trinajstić information content (AvgIpc) is 3.08. The largest absolute Gasteiger partial charge is 0.495 e. The normalized spacial score (nSPS) is 13.5. The molecule has 0 bridgehead atoms. The highest BCUT2D eigenvalue weighted by atomic mass is 19.1. The van der Waals surface area contributed by atoms with Gasteiger partial charge in [0, 0.05) is 23.9 Å². The summed E-state index contributed by atoms with van der Waals surface area (Å²) in [6, 6.07) is 19.9. The number of nitrogens with one attached hydrogen (secondary N) is 2. The van der Waals surface area contributed by atoms with Gasteiger partial charge in [-0.05, 0) is 81.4 Å². The Bertz CT molecular complexity index is 1630. The van der Waals surface area contributed by atoms with Crippen LogP contribution in [0.1, 0.15) is 74.9 Å². The van der Waals surface area contributed by atoms with Gasteiger partial charge in [-0.15, -0.1) is 0 Å². The van der Waals surface area contributed by atoms with Crippen molar-refractivity contribution in [3.05, 3.63) is 137 Å². The van der Waals surface area contributed by atoms with Gasteiger partial charge < -0.3 is 15.4 Å². The molecule has 50 heavy (non-hydrogen) atoms. The molecule has 0 aromatic heterocycles. The van der Waals surface area contributed by atoms with Crippen molar-refractivity contribution in [2.45, 2.75) is 72.8 Å². The van der Waals surface area contributed by atoms with Gasteiger partial charge in [0.05, 0.1) is 12.6 Å². The van der Waals surface area contributed by atoms with E-state index in [1.54, 1.807) is 12.2 Å². The van der Waals surface area contributed by atoms with E-state index in [9.17, 15) is 23.2 Å². The third kappa shape index (κ3) is 12.2. The van der Waals surface area contributed by atoms with Crippen molar-refractivity contribution in [1.29, 1.82) is 0 Å². The van der Waals surface area contributed by atoms with Crippen LogP contribution < -0.4 is 10.6 Å². The minimum absolute atomic E-state index is 0.0910. The van der Waals surface area contributed by atoms with E-state index in [0.717, 1.165) is 28.8 Å². The number of carbonyl (C=O) groups is 3. The van der Waals surface area contributed by atoms with Gasteiger partial charge in [-0.3, -0.25) is 14.4 Å². The number of halogens is 2. The van der Waals surface area contributed by atoms with Crippen LogP contribution in [0, 0.1) is 36.3 Å². The van der Waals surface area contributed by atoms with Gasteiger partial charge >= 0.3 is 0 Å². The van der Waals surface area contributed by atoms with E-state index in [1.165, 1.54) is 6.07 Å². The summed E-state index contributed by atoms with van der Waals surface area (Å²) in [5, 5.41) is 5.81. The van der Waals surface area contributed by atoms with Crippen molar-refractivity contribution in [2.24, 2.45) is 17.8 Å². The van der Waals surface area contributed by atoms with E-state index < -0.39 is 41.0 Å². The first-order valence-electron chi connectivity index (χ1n) is 17.3. The SMILES string of the molecule is C=C(/C=C/C(CC(CC)C(=O)Nc1ccccc1)C(=O)CC/C(=C\Cc1ccc(C)cc1)C(NC(=O)c1c(F)cccc1F)C(C)C)OCC. The molecule has 6 nitrogen and oxygen atoms in total. The van der Waals surface area contributed by atoms with Gasteiger partial charge in [-0.25, -0.2) is 8.78 Å². The monoisotopic (exact) mass is 684 g/mol. The molecule has 3 rings (SSSR count). The molecule has 0 aliphatic rings. The fraction of sp³-hybridized carbons (Fsp3) is 0.357. The summed E-state index contributed by atoms with van der Waals surface area (Å²) >= 11 is 0. The molecular weight excluding hydrogens is 634 g/mol. The van der Waals surface area contributed by atoms with Crippen LogP contribution in [0.3, 0.4) is 0 Å². The number of ether oxygens (including phenoxy) is 1. The number of amides is 2. The molecular formula is C42H50F2N2O4. The zero-order valence-electron chi connectivity index (χ0n) is 29.8. The lowest BCUT2D eigenvalue weighted by molar-refractivity contribution is -0.123. The van der Waals surface area contributed by atoms with Crippen molar-refractivity contribution in [1.82, 2.24) is 5.32 Å². The maximum atomic E-state index is 14.6. The molecule has 0 aliphatic carbocycles. The summed E-state index contributed by atoms with van der Waals surface area (Å²) in [6.07, 6.45) is 7.15. The lowest BCUT2D eigenvalue weighted by atomic mass is 9.84. The zero-order chi connectivity index (χ0) is 36.6. The Labute approximate surface area is 295 Å². The van der Waals surface area contributed by atoms with Gasteiger partial charge in [0.1, 0.15) is 28.7 Å². The van der Waals surface area contributed by atoms with Crippen LogP contribution in [0.2, 0.25) is 0 Å². The standard InChI is InChI=1S/C42H50F2N2O4/c1-7-32(41(48)45-35-13-10-9-11-14-35)27-34(23-19-30(6)50-8-2)38(47)26-25-33(24-22-31-20-17-29(5)18-21-31)40(28(3)4)46-42(49)39-36(43)15-12-16-37(39)44/h9-21,23-24,28,32,34,40H,6-8,22,25-27H2,1-5H3,(H,45,48)(H,46,49)/b23-19+,33-24+. The van der Waals surface area contributed by atoms with Crippen LogP contribution in [-0.4, -0.2) is 30.2 Å². The highest BCUT2D eigenvalue weighted by molar-refractivity contribution is 5.95. The Hall–Kier alpha value is -4.85. The number of rotatable bonds is 19. The molecule has 3 unspecified atom stereocenters. The summed E-state index contributed by atoms with van der Waals surface area (Å²) in [6.45, 7) is 13.9. The third-order valence-electron chi connectivity index (χ3n) is 8.62. The average molecular weight is 685 g/mol. The lowest BCUT2D eigenvalue weighted by Crippen LogP contribution is -2.41. The zero-order valence-corrected chi connectivity index (χ0v) is 29.8. The van der Waals surface area contributed by atoms with Crippen molar-refractivity contribution >= 4 is 23.3 Å². The number of hydrogen-bond donors (Lipinski definition) is 2. The Balaban J connectivity index is 1.90. The fourth-order valence-corrected chi connectivity index (χ4v) is 5.73. The van der Waals surface area contributed by atoms with E-state index in [0.29, 0.717) is 30.9 Å². The van der Waals surface area contributed by atoms with Crippen LogP contribution >= 0.6 is 0 Å². The van der Waals surface area contributed by atoms with Crippen LogP contribution in [0.5, 0.6) is 0 Å². The topological polar surface area (TPSA) is 84.5 Å². The maximum absolute atomic E-state index is 14.6. The van der Waals surface area contributed by atoms with Crippen molar-refractivity contribution in [3.63, 3.8) is 0 Å². The summed E-state index contributed by atoms with van der Waals surface area (Å²) in [5.74, 6) is -3.83. The molecule has 8 heteroatoms. The number of benzene rings is 3. The Morgan fingerprint density at radius 3 is 2.16 bits per heavy atom. The summed E-state index contributed by atoms with van der Waals surface area (Å²) in [4.78, 5) is 40.6. The molecule has 0 spiro atoms. The Morgan fingerprint density at radius 2 is 1.56 bits per heavy atom. The maximum Gasteiger partial charge on any atom is 0.257 e. The van der Waals surface area contributed by atoms with Crippen LogP contribution in [0.4, 0.5) is 14.5 Å². The van der Waals surface area contributed by atoms with Gasteiger partial charge in [0.25, 0.3) is 5.91 Å².